The van der Waals surface area contributed by atoms with Gasteiger partial charge in [-0.3, -0.25) is 4.90 Å². The number of carbonyl (C=O) groups excluding carboxylic acids is 1. The number of tetrazole rings is 1. The normalized spacial score (nSPS) is 16.5. The first-order valence-electron chi connectivity index (χ1n) is 12.1. The molecule has 6 rings (SSSR count). The molecule has 4 aromatic rings. The molecular weight excluding hydrogens is 444 g/mol. The van der Waals surface area contributed by atoms with E-state index >= 15 is 0 Å². The second-order valence-corrected chi connectivity index (χ2v) is 9.07. The third-order valence-electron chi connectivity index (χ3n) is 6.55. The zero-order valence-corrected chi connectivity index (χ0v) is 19.4. The molecular formula is C25H28N8O2. The first kappa shape index (κ1) is 21.8. The highest BCUT2D eigenvalue weighted by molar-refractivity contribution is 6.01. The largest absolute Gasteiger partial charge is 0.379 e. The van der Waals surface area contributed by atoms with Crippen molar-refractivity contribution in [2.75, 3.05) is 43.5 Å². The van der Waals surface area contributed by atoms with E-state index in [1.807, 2.05) is 41.1 Å². The minimum absolute atomic E-state index is 0.296. The van der Waals surface area contributed by atoms with Crippen LogP contribution in [0.25, 0.3) is 22.3 Å². The zero-order chi connectivity index (χ0) is 23.6. The second-order valence-electron chi connectivity index (χ2n) is 9.07. The molecule has 10 heteroatoms. The quantitative estimate of drug-likeness (QED) is 0.426. The molecule has 1 aliphatic carbocycles. The number of urea groups is 1. The highest BCUT2D eigenvalue weighted by atomic mass is 16.5. The maximum atomic E-state index is 12.7. The number of hydrogen-bond acceptors (Lipinski definition) is 6. The number of anilines is 2. The average molecular weight is 473 g/mol. The van der Waals surface area contributed by atoms with Crippen molar-refractivity contribution in [3.8, 4) is 11.4 Å². The van der Waals surface area contributed by atoms with E-state index in [-0.39, 0.29) is 6.03 Å². The summed E-state index contributed by atoms with van der Waals surface area (Å²) in [6.45, 7) is 5.53. The van der Waals surface area contributed by atoms with Crippen LogP contribution in [-0.2, 0) is 11.3 Å². The molecule has 2 amide bonds. The van der Waals surface area contributed by atoms with Gasteiger partial charge in [0.2, 0.25) is 0 Å². The Morgan fingerprint density at radius 2 is 1.83 bits per heavy atom. The van der Waals surface area contributed by atoms with Gasteiger partial charge in [0.1, 0.15) is 0 Å². The molecule has 1 saturated heterocycles. The Morgan fingerprint density at radius 1 is 1.00 bits per heavy atom. The van der Waals surface area contributed by atoms with Crippen LogP contribution in [0, 0.1) is 0 Å². The van der Waals surface area contributed by atoms with Crippen LogP contribution in [0.4, 0.5) is 16.2 Å². The fourth-order valence-electron chi connectivity index (χ4n) is 4.53. The molecule has 0 radical (unpaired) electrons. The van der Waals surface area contributed by atoms with Crippen LogP contribution in [-0.4, -0.2) is 68.6 Å². The number of nitrogens with zero attached hydrogens (tertiary/aromatic N) is 6. The van der Waals surface area contributed by atoms with E-state index in [0.717, 1.165) is 80.2 Å². The van der Waals surface area contributed by atoms with Crippen molar-refractivity contribution < 1.29 is 9.53 Å². The number of rotatable bonds is 7. The molecule has 0 unspecified atom stereocenters. The van der Waals surface area contributed by atoms with Gasteiger partial charge in [-0.25, -0.2) is 9.48 Å². The Labute approximate surface area is 202 Å². The Kier molecular flexibility index (Phi) is 5.89. The minimum Gasteiger partial charge on any atom is -0.379 e. The fourth-order valence-corrected chi connectivity index (χ4v) is 4.53. The summed E-state index contributed by atoms with van der Waals surface area (Å²) in [4.78, 5) is 15.1. The number of aromatic nitrogens is 5. The van der Waals surface area contributed by atoms with Gasteiger partial charge in [0.05, 0.1) is 19.3 Å². The van der Waals surface area contributed by atoms with Gasteiger partial charge < -0.3 is 19.9 Å². The van der Waals surface area contributed by atoms with Crippen molar-refractivity contribution in [1.82, 2.24) is 29.7 Å². The molecule has 1 aliphatic heterocycles. The van der Waals surface area contributed by atoms with E-state index in [1.165, 1.54) is 0 Å². The van der Waals surface area contributed by atoms with Gasteiger partial charge in [-0.1, -0.05) is 12.1 Å². The molecule has 0 spiro atoms. The lowest BCUT2D eigenvalue weighted by Gasteiger charge is -2.26. The Hall–Kier alpha value is -3.76. The lowest BCUT2D eigenvalue weighted by molar-refractivity contribution is 0.0365. The lowest BCUT2D eigenvalue weighted by Crippen LogP contribution is -2.38. The van der Waals surface area contributed by atoms with Crippen LogP contribution < -0.4 is 10.6 Å². The van der Waals surface area contributed by atoms with E-state index < -0.39 is 0 Å². The van der Waals surface area contributed by atoms with Crippen molar-refractivity contribution in [2.24, 2.45) is 0 Å². The van der Waals surface area contributed by atoms with Crippen LogP contribution in [0.5, 0.6) is 0 Å². The number of hydrogen-bond donors (Lipinski definition) is 2. The SMILES string of the molecule is O=C(Nc1cccc(-c2nnnn2C2CC2)c1)Nc1ccc2c(ccn2CCN2CCOCC2)c1. The Bertz CT molecular complexity index is 1340. The van der Waals surface area contributed by atoms with Gasteiger partial charge >= 0.3 is 6.03 Å². The average Bonchev–Trinajstić information content (AvgIpc) is 3.46. The Balaban J connectivity index is 1.10. The van der Waals surface area contributed by atoms with Crippen LogP contribution in [0.15, 0.2) is 54.7 Å². The summed E-state index contributed by atoms with van der Waals surface area (Å²) in [6.07, 6.45) is 4.30. The number of ether oxygens (including phenoxy) is 1. The molecule has 3 heterocycles. The highest BCUT2D eigenvalue weighted by Gasteiger charge is 2.28. The molecule has 180 valence electrons. The molecule has 1 saturated carbocycles. The standard InChI is InChI=1S/C25H28N8O2/c34-25(26-20-3-1-2-19(17-20)24-28-29-30-33(24)22-5-6-22)27-21-4-7-23-18(16-21)8-9-32(23)11-10-31-12-14-35-15-13-31/h1-4,7-9,16-17,22H,5-6,10-15H2,(H2,26,27,34). The van der Waals surface area contributed by atoms with Gasteiger partial charge in [-0.15, -0.1) is 5.10 Å². The number of nitrogens with one attached hydrogen (secondary N) is 2. The van der Waals surface area contributed by atoms with E-state index in [2.05, 4.69) is 54.0 Å². The highest BCUT2D eigenvalue weighted by Crippen LogP contribution is 2.36. The summed E-state index contributed by atoms with van der Waals surface area (Å²) >= 11 is 0. The first-order valence-corrected chi connectivity index (χ1v) is 12.1. The molecule has 2 N–H and O–H groups in total. The molecule has 2 fully saturated rings. The third-order valence-corrected chi connectivity index (χ3v) is 6.55. The monoisotopic (exact) mass is 472 g/mol. The number of fused-ring (bicyclic) bond motifs is 1. The van der Waals surface area contributed by atoms with Crippen LogP contribution in [0.2, 0.25) is 0 Å². The number of carbonyl (C=O) groups is 1. The van der Waals surface area contributed by atoms with Crippen molar-refractivity contribution in [1.29, 1.82) is 0 Å². The van der Waals surface area contributed by atoms with E-state index in [1.54, 1.807) is 0 Å². The molecule has 35 heavy (non-hydrogen) atoms. The summed E-state index contributed by atoms with van der Waals surface area (Å²) in [7, 11) is 0. The zero-order valence-electron chi connectivity index (χ0n) is 19.4. The molecule has 10 nitrogen and oxygen atoms in total. The van der Waals surface area contributed by atoms with Crippen molar-refractivity contribution in [2.45, 2.75) is 25.4 Å². The maximum Gasteiger partial charge on any atom is 0.323 e. The van der Waals surface area contributed by atoms with Crippen LogP contribution >= 0.6 is 0 Å². The number of amides is 2. The van der Waals surface area contributed by atoms with E-state index in [4.69, 9.17) is 4.74 Å². The van der Waals surface area contributed by atoms with Gasteiger partial charge in [0.25, 0.3) is 0 Å². The van der Waals surface area contributed by atoms with Crippen LogP contribution in [0.1, 0.15) is 18.9 Å². The van der Waals surface area contributed by atoms with Gasteiger partial charge in [0.15, 0.2) is 5.82 Å². The third kappa shape index (κ3) is 4.89. The van der Waals surface area contributed by atoms with Gasteiger partial charge in [0, 0.05) is 60.2 Å². The smallest absolute Gasteiger partial charge is 0.323 e. The molecule has 2 aliphatic rings. The summed E-state index contributed by atoms with van der Waals surface area (Å²) < 4.78 is 9.55. The lowest BCUT2D eigenvalue weighted by atomic mass is 10.2. The maximum absolute atomic E-state index is 12.7. The Morgan fingerprint density at radius 3 is 2.66 bits per heavy atom. The number of morpholine rings is 1. The van der Waals surface area contributed by atoms with Gasteiger partial charge in [-0.2, -0.15) is 0 Å². The van der Waals surface area contributed by atoms with Crippen molar-refractivity contribution in [3.63, 3.8) is 0 Å². The predicted molar refractivity (Wildman–Crippen MR) is 133 cm³/mol. The van der Waals surface area contributed by atoms with E-state index in [0.29, 0.717) is 11.7 Å². The summed E-state index contributed by atoms with van der Waals surface area (Å²) in [5.74, 6) is 0.722. The summed E-state index contributed by atoms with van der Waals surface area (Å²) in [5.41, 5.74) is 3.46. The van der Waals surface area contributed by atoms with Crippen molar-refractivity contribution in [3.05, 3.63) is 54.7 Å². The topological polar surface area (TPSA) is 102 Å². The minimum atomic E-state index is -0.296. The molecule has 2 aromatic carbocycles. The molecule has 0 atom stereocenters. The second kappa shape index (κ2) is 9.47. The molecule has 0 bridgehead atoms. The number of benzene rings is 2. The summed E-state index contributed by atoms with van der Waals surface area (Å²) in [6, 6.07) is 15.8. The molecule has 2 aromatic heterocycles. The van der Waals surface area contributed by atoms with Gasteiger partial charge in [-0.05, 0) is 59.7 Å². The first-order chi connectivity index (χ1) is 17.2. The fraction of sp³-hybridized carbons (Fsp3) is 0.360. The predicted octanol–water partition coefficient (Wildman–Crippen LogP) is 3.61. The van der Waals surface area contributed by atoms with E-state index in [9.17, 15) is 4.79 Å². The summed E-state index contributed by atoms with van der Waals surface area (Å²) in [5, 5.41) is 19.1. The van der Waals surface area contributed by atoms with Crippen molar-refractivity contribution >= 4 is 28.3 Å². The van der Waals surface area contributed by atoms with Crippen LogP contribution in [0.3, 0.4) is 0 Å².